The first-order valence-electron chi connectivity index (χ1n) is 11.0. The summed E-state index contributed by atoms with van der Waals surface area (Å²) >= 11 is 26.4. The molecule has 5 heteroatoms. The first kappa shape index (κ1) is 22.5. The second kappa shape index (κ2) is 9.82. The largest absolute Gasteiger partial charge is 0.288 e. The fraction of sp³-hybridized carbons (Fsp3) is 0.480. The molecular formula is C25H26Cl4O. The fourth-order valence-electron chi connectivity index (χ4n) is 5.12. The zero-order chi connectivity index (χ0) is 21.3. The van der Waals surface area contributed by atoms with Gasteiger partial charge in [-0.2, -0.15) is 0 Å². The number of hydrogen-bond acceptors (Lipinski definition) is 1. The average Bonchev–Trinajstić information content (AvgIpc) is 2.77. The molecule has 0 amide bonds. The summed E-state index contributed by atoms with van der Waals surface area (Å²) in [6.45, 7) is 0. The smallest absolute Gasteiger partial charge is 0.196 e. The van der Waals surface area contributed by atoms with E-state index in [9.17, 15) is 4.79 Å². The maximum absolute atomic E-state index is 13.6. The quantitative estimate of drug-likeness (QED) is 0.395. The van der Waals surface area contributed by atoms with Gasteiger partial charge in [-0.1, -0.05) is 84.9 Å². The van der Waals surface area contributed by atoms with Gasteiger partial charge in [0, 0.05) is 21.2 Å². The van der Waals surface area contributed by atoms with E-state index in [1.165, 1.54) is 38.5 Å². The monoisotopic (exact) mass is 482 g/mol. The van der Waals surface area contributed by atoms with Gasteiger partial charge in [-0.25, -0.2) is 0 Å². The summed E-state index contributed by atoms with van der Waals surface area (Å²) in [5.74, 6) is 0.498. The molecule has 0 bridgehead atoms. The molecule has 1 nitrogen and oxygen atoms in total. The van der Waals surface area contributed by atoms with E-state index in [0.717, 1.165) is 36.8 Å². The molecule has 2 aromatic carbocycles. The Morgan fingerprint density at radius 3 is 1.33 bits per heavy atom. The van der Waals surface area contributed by atoms with Crippen molar-refractivity contribution in [3.63, 3.8) is 0 Å². The molecule has 0 saturated heterocycles. The molecule has 2 fully saturated rings. The van der Waals surface area contributed by atoms with Crippen LogP contribution in [0.15, 0.2) is 24.3 Å². The summed E-state index contributed by atoms with van der Waals surface area (Å²) in [5, 5.41) is 2.08. The molecule has 0 heterocycles. The lowest BCUT2D eigenvalue weighted by Crippen LogP contribution is -2.11. The predicted molar refractivity (Wildman–Crippen MR) is 128 cm³/mol. The highest BCUT2D eigenvalue weighted by atomic mass is 35.5. The Morgan fingerprint density at radius 2 is 0.967 bits per heavy atom. The predicted octanol–water partition coefficient (Wildman–Crippen LogP) is 9.63. The van der Waals surface area contributed by atoms with Crippen LogP contribution in [-0.4, -0.2) is 5.78 Å². The highest BCUT2D eigenvalue weighted by Gasteiger charge is 2.27. The second-order valence-corrected chi connectivity index (χ2v) is 10.3. The van der Waals surface area contributed by atoms with Crippen molar-refractivity contribution < 1.29 is 4.79 Å². The molecule has 2 aromatic rings. The van der Waals surface area contributed by atoms with E-state index in [1.54, 1.807) is 12.1 Å². The van der Waals surface area contributed by atoms with E-state index in [1.807, 2.05) is 12.1 Å². The van der Waals surface area contributed by atoms with Gasteiger partial charge >= 0.3 is 0 Å². The Bertz CT molecular complexity index is 865. The Hall–Kier alpha value is -0.730. The molecule has 0 atom stereocenters. The number of rotatable bonds is 4. The summed E-state index contributed by atoms with van der Waals surface area (Å²) in [5.41, 5.74) is 2.81. The standard InChI is InChI=1S/C25H26Cl4O/c26-17-11-19(15-7-3-1-4-8-15)23(28)21(13-17)25(30)22-14-18(27)12-20(24(22)29)16-9-5-2-6-10-16/h11-16H,1-10H2. The third kappa shape index (κ3) is 4.70. The van der Waals surface area contributed by atoms with Crippen LogP contribution in [-0.2, 0) is 0 Å². The molecule has 2 saturated carbocycles. The van der Waals surface area contributed by atoms with Crippen molar-refractivity contribution in [2.24, 2.45) is 0 Å². The molecule has 2 aliphatic carbocycles. The van der Waals surface area contributed by atoms with Gasteiger partial charge in [0.15, 0.2) is 5.78 Å². The van der Waals surface area contributed by atoms with Crippen LogP contribution in [0.25, 0.3) is 0 Å². The van der Waals surface area contributed by atoms with Crippen LogP contribution in [0.2, 0.25) is 20.1 Å². The number of ketones is 1. The first-order chi connectivity index (χ1) is 14.5. The van der Waals surface area contributed by atoms with Crippen LogP contribution in [0.3, 0.4) is 0 Å². The fourth-order valence-corrected chi connectivity index (χ4v) is 6.27. The number of carbonyl (C=O) groups is 1. The number of hydrogen-bond donors (Lipinski definition) is 0. The zero-order valence-corrected chi connectivity index (χ0v) is 20.0. The molecule has 0 unspecified atom stereocenters. The molecule has 0 spiro atoms. The number of carbonyl (C=O) groups excluding carboxylic acids is 1. The Labute approximate surface area is 199 Å². The highest BCUT2D eigenvalue weighted by molar-refractivity contribution is 6.41. The SMILES string of the molecule is O=C(c1cc(Cl)cc(C2CCCCC2)c1Cl)c1cc(Cl)cc(C2CCCCC2)c1Cl. The maximum Gasteiger partial charge on any atom is 0.196 e. The minimum atomic E-state index is -0.205. The average molecular weight is 484 g/mol. The molecule has 0 N–H and O–H groups in total. The van der Waals surface area contributed by atoms with Gasteiger partial charge in [-0.3, -0.25) is 4.79 Å². The number of halogens is 4. The number of benzene rings is 2. The molecule has 0 aromatic heterocycles. The zero-order valence-electron chi connectivity index (χ0n) is 17.0. The Kier molecular flexibility index (Phi) is 7.35. The van der Waals surface area contributed by atoms with Gasteiger partial charge in [0.2, 0.25) is 0 Å². The van der Waals surface area contributed by atoms with E-state index in [0.29, 0.717) is 43.1 Å². The van der Waals surface area contributed by atoms with Crippen molar-refractivity contribution >= 4 is 52.2 Å². The molecule has 4 rings (SSSR count). The van der Waals surface area contributed by atoms with Gasteiger partial charge in [-0.15, -0.1) is 0 Å². The van der Waals surface area contributed by atoms with Gasteiger partial charge in [0.05, 0.1) is 10.0 Å². The lowest BCUT2D eigenvalue weighted by Gasteiger charge is -2.25. The van der Waals surface area contributed by atoms with Gasteiger partial charge in [0.1, 0.15) is 0 Å². The van der Waals surface area contributed by atoms with Gasteiger partial charge in [0.25, 0.3) is 0 Å². The van der Waals surface area contributed by atoms with Gasteiger partial charge < -0.3 is 0 Å². The molecular weight excluding hydrogens is 458 g/mol. The Balaban J connectivity index is 1.74. The van der Waals surface area contributed by atoms with E-state index < -0.39 is 0 Å². The molecule has 0 aliphatic heterocycles. The summed E-state index contributed by atoms with van der Waals surface area (Å²) in [6, 6.07) is 7.17. The van der Waals surface area contributed by atoms with Crippen molar-refractivity contribution in [2.75, 3.05) is 0 Å². The Morgan fingerprint density at radius 1 is 0.600 bits per heavy atom. The topological polar surface area (TPSA) is 17.1 Å². The third-order valence-electron chi connectivity index (χ3n) is 6.71. The van der Waals surface area contributed by atoms with E-state index in [2.05, 4.69) is 0 Å². The van der Waals surface area contributed by atoms with Crippen LogP contribution in [0, 0.1) is 0 Å². The van der Waals surface area contributed by atoms with Gasteiger partial charge in [-0.05, 0) is 72.9 Å². The van der Waals surface area contributed by atoms with Crippen LogP contribution < -0.4 is 0 Å². The lowest BCUT2D eigenvalue weighted by molar-refractivity contribution is 0.103. The second-order valence-electron chi connectivity index (χ2n) is 8.71. The minimum Gasteiger partial charge on any atom is -0.288 e. The molecule has 30 heavy (non-hydrogen) atoms. The summed E-state index contributed by atoms with van der Waals surface area (Å²) in [7, 11) is 0. The highest BCUT2D eigenvalue weighted by Crippen LogP contribution is 2.42. The van der Waals surface area contributed by atoms with Crippen molar-refractivity contribution in [1.29, 1.82) is 0 Å². The lowest BCUT2D eigenvalue weighted by atomic mass is 9.82. The van der Waals surface area contributed by atoms with Crippen molar-refractivity contribution in [3.05, 3.63) is 66.6 Å². The van der Waals surface area contributed by atoms with Crippen molar-refractivity contribution in [2.45, 2.75) is 76.0 Å². The molecule has 160 valence electrons. The third-order valence-corrected chi connectivity index (χ3v) is 7.99. The van der Waals surface area contributed by atoms with E-state index in [4.69, 9.17) is 46.4 Å². The van der Waals surface area contributed by atoms with Crippen LogP contribution in [0.4, 0.5) is 0 Å². The summed E-state index contributed by atoms with van der Waals surface area (Å²) in [4.78, 5) is 13.6. The molecule has 2 aliphatic rings. The van der Waals surface area contributed by atoms with Crippen molar-refractivity contribution in [1.82, 2.24) is 0 Å². The minimum absolute atomic E-state index is 0.205. The van der Waals surface area contributed by atoms with Crippen LogP contribution in [0.1, 0.15) is 103 Å². The van der Waals surface area contributed by atoms with Crippen LogP contribution >= 0.6 is 46.4 Å². The maximum atomic E-state index is 13.6. The van der Waals surface area contributed by atoms with Crippen molar-refractivity contribution in [3.8, 4) is 0 Å². The normalized spacial score (nSPS) is 18.5. The summed E-state index contributed by atoms with van der Waals surface area (Å²) < 4.78 is 0. The summed E-state index contributed by atoms with van der Waals surface area (Å²) in [6.07, 6.45) is 11.6. The van der Waals surface area contributed by atoms with E-state index in [-0.39, 0.29) is 5.78 Å². The van der Waals surface area contributed by atoms with E-state index >= 15 is 0 Å². The molecule has 0 radical (unpaired) electrons. The first-order valence-corrected chi connectivity index (χ1v) is 12.5. The van der Waals surface area contributed by atoms with Crippen LogP contribution in [0.5, 0.6) is 0 Å².